The van der Waals surface area contributed by atoms with E-state index < -0.39 is 20.2 Å². The van der Waals surface area contributed by atoms with Crippen LogP contribution in [0.15, 0.2) is 72.3 Å². The van der Waals surface area contributed by atoms with Gasteiger partial charge in [-0.3, -0.25) is 24.7 Å². The minimum absolute atomic E-state index is 0.0396. The Labute approximate surface area is 492 Å². The van der Waals surface area contributed by atoms with Gasteiger partial charge in [0.15, 0.2) is 21.4 Å². The number of nitrogens with one attached hydrogen (secondary N) is 2. The van der Waals surface area contributed by atoms with E-state index in [1.807, 2.05) is 58.7 Å². The number of carbonyl (C=O) groups excluding carboxylic acids is 2. The lowest BCUT2D eigenvalue weighted by Gasteiger charge is -2.47. The van der Waals surface area contributed by atoms with Gasteiger partial charge in [-0.2, -0.15) is 5.10 Å². The SMILES string of the molecule is Cc1[nH]nc(Nc2ncnc3cc(OCC4CCN(c5ncc(OC[C@H]6CN(C[C@H]7CN(C(=O)OC(C)(C)C)[C@H](C)CN7CC(=O)N7CC(C)(C)c8ncc(Cc9ccc(F)cc9)cc87)CCO6)cn5)CC4)c(S(=O)(=O)C(C)(C)C)cc23)c1C. The summed E-state index contributed by atoms with van der Waals surface area (Å²) in [6.07, 6.45) is 8.13. The Balaban J connectivity index is 0.744. The Kier molecular flexibility index (Phi) is 17.2. The van der Waals surface area contributed by atoms with Gasteiger partial charge in [-0.15, -0.1) is 0 Å². The number of fused-ring (bicyclic) bond motifs is 2. The summed E-state index contributed by atoms with van der Waals surface area (Å²) in [6.45, 7) is 26.4. The predicted octanol–water partition coefficient (Wildman–Crippen LogP) is 8.21. The zero-order valence-corrected chi connectivity index (χ0v) is 51.1. The molecule has 8 heterocycles. The molecule has 10 rings (SSSR count). The number of halogens is 1. The number of benzene rings is 2. The summed E-state index contributed by atoms with van der Waals surface area (Å²) in [6, 6.07) is 11.4. The number of aromatic nitrogens is 7. The molecule has 3 saturated heterocycles. The van der Waals surface area contributed by atoms with Crippen LogP contribution in [0.4, 0.5) is 32.5 Å². The molecule has 4 aliphatic rings. The molecule has 2 N–H and O–H groups in total. The lowest BCUT2D eigenvalue weighted by molar-refractivity contribution is -0.122. The summed E-state index contributed by atoms with van der Waals surface area (Å²) in [5.41, 5.74) is 4.88. The van der Waals surface area contributed by atoms with Crippen LogP contribution in [-0.2, 0) is 35.9 Å². The van der Waals surface area contributed by atoms with E-state index in [9.17, 15) is 22.4 Å². The van der Waals surface area contributed by atoms with Gasteiger partial charge in [0.1, 0.15) is 46.9 Å². The molecule has 0 bridgehead atoms. The van der Waals surface area contributed by atoms with E-state index in [0.717, 1.165) is 46.6 Å². The molecular weight excluding hydrogens is 1090 g/mol. The van der Waals surface area contributed by atoms with Crippen LogP contribution in [0.5, 0.6) is 11.5 Å². The van der Waals surface area contributed by atoms with E-state index in [1.54, 1.807) is 62.3 Å². The second-order valence-electron chi connectivity index (χ2n) is 25.6. The molecule has 0 aliphatic carbocycles. The van der Waals surface area contributed by atoms with E-state index in [1.165, 1.54) is 18.5 Å². The standard InChI is InChI=1S/C61H80FN13O8S/c1-38-29-73(33-53(76)75-36-61(10,11)54-50(75)23-43(26-63-54)22-41-12-14-44(62)15-13-41)45(31-74(38)58(77)83-59(4,5)6)30-71-20-21-80-47(32-71)35-81-46-27-64-57(65-28-46)72-18-16-42(17-19-72)34-82-51-25-49-48(24-52(51)84(78,79)60(7,8)9)56(67-37-66-49)68-55-39(2)40(3)69-70-55/h12-15,23-28,37-38,42,45,47H,16-22,29-36H2,1-11H3,(H2,66,67,68,69,70)/t38-,45+,47-/m1/s1. The molecule has 2 amide bonds. The molecule has 4 aliphatic heterocycles. The van der Waals surface area contributed by atoms with E-state index in [4.69, 9.17) is 23.9 Å². The largest absolute Gasteiger partial charge is 0.492 e. The smallest absolute Gasteiger partial charge is 0.410 e. The van der Waals surface area contributed by atoms with Crippen molar-refractivity contribution in [2.45, 2.75) is 134 Å². The predicted molar refractivity (Wildman–Crippen MR) is 319 cm³/mol. The van der Waals surface area contributed by atoms with Gasteiger partial charge in [0, 0.05) is 98.8 Å². The first kappa shape index (κ1) is 60.1. The Hall–Kier alpha value is -7.08. The number of aromatic amines is 1. The maximum absolute atomic E-state index is 14.6. The highest BCUT2D eigenvalue weighted by atomic mass is 32.2. The third-order valence-corrected chi connectivity index (χ3v) is 18.9. The van der Waals surface area contributed by atoms with Crippen molar-refractivity contribution >= 4 is 56.0 Å². The van der Waals surface area contributed by atoms with Crippen LogP contribution in [0, 0.1) is 25.6 Å². The van der Waals surface area contributed by atoms with Crippen molar-refractivity contribution in [2.24, 2.45) is 5.92 Å². The quantitative estimate of drug-likeness (QED) is 0.0931. The molecule has 6 aromatic rings. The van der Waals surface area contributed by atoms with E-state index in [0.29, 0.717) is 106 Å². The number of amides is 2. The van der Waals surface area contributed by atoms with E-state index in [2.05, 4.69) is 64.0 Å². The van der Waals surface area contributed by atoms with E-state index in [-0.39, 0.29) is 71.1 Å². The number of ether oxygens (including phenoxy) is 4. The Bertz CT molecular complexity index is 3450. The molecular formula is C61H80FN13O8S. The molecule has 3 fully saturated rings. The highest BCUT2D eigenvalue weighted by Gasteiger charge is 2.43. The van der Waals surface area contributed by atoms with Gasteiger partial charge in [0.2, 0.25) is 11.9 Å². The highest BCUT2D eigenvalue weighted by Crippen LogP contribution is 2.41. The van der Waals surface area contributed by atoms with Gasteiger partial charge in [-0.25, -0.2) is 37.5 Å². The first-order valence-electron chi connectivity index (χ1n) is 29.0. The van der Waals surface area contributed by atoms with Gasteiger partial charge in [-0.1, -0.05) is 26.0 Å². The number of piperazine rings is 1. The zero-order chi connectivity index (χ0) is 59.9. The Morgan fingerprint density at radius 3 is 2.30 bits per heavy atom. The van der Waals surface area contributed by atoms with Crippen LogP contribution in [0.3, 0.4) is 0 Å². The fourth-order valence-corrected chi connectivity index (χ4v) is 12.7. The summed E-state index contributed by atoms with van der Waals surface area (Å²) in [4.78, 5) is 61.9. The average molecular weight is 1170 g/mol. The van der Waals surface area contributed by atoms with E-state index >= 15 is 0 Å². The van der Waals surface area contributed by atoms with Gasteiger partial charge in [0.25, 0.3) is 0 Å². The summed E-state index contributed by atoms with van der Waals surface area (Å²) in [5.74, 6) is 2.21. The van der Waals surface area contributed by atoms with Crippen molar-refractivity contribution in [1.82, 2.24) is 49.8 Å². The molecule has 450 valence electrons. The summed E-state index contributed by atoms with van der Waals surface area (Å²) in [7, 11) is -3.85. The van der Waals surface area contributed by atoms with Crippen molar-refractivity contribution < 1.29 is 41.3 Å². The number of morpholine rings is 1. The van der Waals surface area contributed by atoms with Gasteiger partial charge < -0.3 is 39.0 Å². The number of hydrogen-bond acceptors (Lipinski definition) is 18. The van der Waals surface area contributed by atoms with Crippen LogP contribution in [0.25, 0.3) is 10.9 Å². The number of piperidine rings is 1. The summed E-state index contributed by atoms with van der Waals surface area (Å²) < 4.78 is 65.6. The lowest BCUT2D eigenvalue weighted by atomic mass is 9.91. The third-order valence-electron chi connectivity index (χ3n) is 16.4. The number of H-pyrrole nitrogens is 1. The average Bonchev–Trinajstić information content (AvgIpc) is 1.97. The molecule has 21 nitrogen and oxygen atoms in total. The fraction of sp³-hybridized carbons (Fsp3) is 0.541. The van der Waals surface area contributed by atoms with Crippen LogP contribution in [0.2, 0.25) is 0 Å². The third kappa shape index (κ3) is 13.5. The number of sulfone groups is 1. The maximum atomic E-state index is 14.6. The van der Waals surface area contributed by atoms with Crippen molar-refractivity contribution in [2.75, 3.05) is 93.8 Å². The minimum atomic E-state index is -3.85. The first-order valence-corrected chi connectivity index (χ1v) is 30.5. The fourth-order valence-electron chi connectivity index (χ4n) is 11.4. The molecule has 84 heavy (non-hydrogen) atoms. The molecule has 23 heteroatoms. The number of aryl methyl sites for hydroxylation is 1. The first-order chi connectivity index (χ1) is 39.8. The molecule has 3 atom stereocenters. The number of carbonyl (C=O) groups is 2. The summed E-state index contributed by atoms with van der Waals surface area (Å²) >= 11 is 0. The van der Waals surface area contributed by atoms with Crippen LogP contribution >= 0.6 is 0 Å². The van der Waals surface area contributed by atoms with Crippen molar-refractivity contribution in [3.63, 3.8) is 0 Å². The number of hydrogen-bond donors (Lipinski definition) is 2. The molecule has 2 aromatic carbocycles. The van der Waals surface area contributed by atoms with Crippen LogP contribution in [0.1, 0.15) is 103 Å². The molecule has 0 unspecified atom stereocenters. The topological polar surface area (TPSA) is 227 Å². The monoisotopic (exact) mass is 1170 g/mol. The number of rotatable bonds is 16. The van der Waals surface area contributed by atoms with Gasteiger partial charge in [-0.05, 0) is 123 Å². The van der Waals surface area contributed by atoms with Crippen molar-refractivity contribution in [3.8, 4) is 11.5 Å². The highest BCUT2D eigenvalue weighted by molar-refractivity contribution is 7.92. The van der Waals surface area contributed by atoms with Crippen molar-refractivity contribution in [1.29, 1.82) is 0 Å². The molecule has 0 spiro atoms. The normalized spacial score (nSPS) is 20.0. The van der Waals surface area contributed by atoms with Crippen LogP contribution < -0.4 is 24.6 Å². The molecule has 0 saturated carbocycles. The lowest BCUT2D eigenvalue weighted by Crippen LogP contribution is -2.64. The Morgan fingerprint density at radius 1 is 0.869 bits per heavy atom. The molecule has 4 aromatic heterocycles. The minimum Gasteiger partial charge on any atom is -0.492 e. The Morgan fingerprint density at radius 2 is 1.61 bits per heavy atom. The van der Waals surface area contributed by atoms with Crippen molar-refractivity contribution in [3.05, 3.63) is 101 Å². The van der Waals surface area contributed by atoms with Gasteiger partial charge >= 0.3 is 6.09 Å². The molecule has 0 radical (unpaired) electrons. The number of nitrogens with zero attached hydrogens (tertiary/aromatic N) is 11. The number of pyridine rings is 1. The second kappa shape index (κ2) is 24.1. The zero-order valence-electron chi connectivity index (χ0n) is 50.2. The number of anilines is 4. The summed E-state index contributed by atoms with van der Waals surface area (Å²) in [5, 5.41) is 11.1. The van der Waals surface area contributed by atoms with Crippen LogP contribution in [-0.4, -0.2) is 177 Å². The maximum Gasteiger partial charge on any atom is 0.410 e. The second-order valence-corrected chi connectivity index (χ2v) is 28.2. The van der Waals surface area contributed by atoms with Gasteiger partial charge in [0.05, 0.1) is 53.8 Å².